The Morgan fingerprint density at radius 3 is 2.12 bits per heavy atom. The second-order valence-electron chi connectivity index (χ2n) is 4.46. The minimum Gasteiger partial charge on any atom is -0.492 e. The summed E-state index contributed by atoms with van der Waals surface area (Å²) >= 11 is 0. The number of benzene rings is 1. The second kappa shape index (κ2) is 6.54. The summed E-state index contributed by atoms with van der Waals surface area (Å²) in [4.78, 5) is 0. The Bertz CT molecular complexity index is 278. The van der Waals surface area contributed by atoms with Gasteiger partial charge in [0.15, 0.2) is 0 Å². The molecule has 1 aromatic carbocycles. The fraction of sp³-hybridized carbons (Fsp3) is 0.571. The van der Waals surface area contributed by atoms with Crippen molar-refractivity contribution in [3.05, 3.63) is 30.3 Å². The first kappa shape index (κ1) is 13.0. The lowest BCUT2D eigenvalue weighted by Gasteiger charge is -2.28. The molecule has 0 amide bonds. The van der Waals surface area contributed by atoms with E-state index in [1.165, 1.54) is 0 Å². The third kappa shape index (κ3) is 4.23. The highest BCUT2D eigenvalue weighted by molar-refractivity contribution is 5.21. The van der Waals surface area contributed by atoms with Crippen LogP contribution in [0.3, 0.4) is 0 Å². The zero-order valence-corrected chi connectivity index (χ0v) is 10.4. The fourth-order valence-electron chi connectivity index (χ4n) is 2.01. The monoisotopic (exact) mass is 221 g/mol. The van der Waals surface area contributed by atoms with Gasteiger partial charge in [-0.3, -0.25) is 0 Å². The number of para-hydroxylation sites is 1. The number of nitrogens with two attached hydrogens (primary N) is 1. The minimum absolute atomic E-state index is 0.167. The maximum Gasteiger partial charge on any atom is 0.119 e. The van der Waals surface area contributed by atoms with Crippen LogP contribution >= 0.6 is 0 Å². The van der Waals surface area contributed by atoms with Crippen molar-refractivity contribution >= 4 is 0 Å². The van der Waals surface area contributed by atoms with Crippen molar-refractivity contribution in [3.63, 3.8) is 0 Å². The van der Waals surface area contributed by atoms with Crippen molar-refractivity contribution in [2.75, 3.05) is 6.61 Å². The Kier molecular flexibility index (Phi) is 5.33. The molecule has 2 N–H and O–H groups in total. The van der Waals surface area contributed by atoms with Crippen LogP contribution in [0.1, 0.15) is 39.5 Å². The molecule has 0 saturated heterocycles. The van der Waals surface area contributed by atoms with Gasteiger partial charge < -0.3 is 10.5 Å². The standard InChI is InChI=1S/C14H23NO/c1-3-10-14(15,11-4-2)12-16-13-8-6-5-7-9-13/h5-9H,3-4,10-12,15H2,1-2H3. The van der Waals surface area contributed by atoms with E-state index in [2.05, 4.69) is 13.8 Å². The van der Waals surface area contributed by atoms with Crippen molar-refractivity contribution in [1.29, 1.82) is 0 Å². The smallest absolute Gasteiger partial charge is 0.119 e. The predicted octanol–water partition coefficient (Wildman–Crippen LogP) is 3.36. The first-order chi connectivity index (χ1) is 7.70. The Labute approximate surface area is 98.8 Å². The molecule has 0 aliphatic rings. The van der Waals surface area contributed by atoms with Gasteiger partial charge in [0, 0.05) is 5.54 Å². The topological polar surface area (TPSA) is 35.2 Å². The Morgan fingerprint density at radius 1 is 1.06 bits per heavy atom. The molecule has 0 spiro atoms. The molecule has 0 fully saturated rings. The molecular formula is C14H23NO. The van der Waals surface area contributed by atoms with Crippen LogP contribution in [0.2, 0.25) is 0 Å². The third-order valence-corrected chi connectivity index (χ3v) is 2.77. The average Bonchev–Trinajstić information content (AvgIpc) is 2.29. The van der Waals surface area contributed by atoms with Crippen LogP contribution in [0.25, 0.3) is 0 Å². The molecule has 0 aliphatic carbocycles. The lowest BCUT2D eigenvalue weighted by molar-refractivity contribution is 0.195. The van der Waals surface area contributed by atoms with Crippen molar-refractivity contribution in [2.24, 2.45) is 5.73 Å². The van der Waals surface area contributed by atoms with Gasteiger partial charge in [-0.25, -0.2) is 0 Å². The minimum atomic E-state index is -0.167. The summed E-state index contributed by atoms with van der Waals surface area (Å²) in [6.07, 6.45) is 4.25. The zero-order valence-electron chi connectivity index (χ0n) is 10.4. The summed E-state index contributed by atoms with van der Waals surface area (Å²) in [6.45, 7) is 4.94. The quantitative estimate of drug-likeness (QED) is 0.766. The maximum atomic E-state index is 6.34. The molecule has 0 bridgehead atoms. The van der Waals surface area contributed by atoms with Crippen LogP contribution in [0.4, 0.5) is 0 Å². The average molecular weight is 221 g/mol. The van der Waals surface area contributed by atoms with Crippen LogP contribution < -0.4 is 10.5 Å². The van der Waals surface area contributed by atoms with Gasteiger partial charge in [-0.15, -0.1) is 0 Å². The van der Waals surface area contributed by atoms with Crippen molar-refractivity contribution in [2.45, 2.75) is 45.1 Å². The Morgan fingerprint density at radius 2 is 1.62 bits per heavy atom. The first-order valence-electron chi connectivity index (χ1n) is 6.17. The second-order valence-corrected chi connectivity index (χ2v) is 4.46. The molecule has 90 valence electrons. The predicted molar refractivity (Wildman–Crippen MR) is 68.7 cm³/mol. The molecule has 16 heavy (non-hydrogen) atoms. The van der Waals surface area contributed by atoms with Gasteiger partial charge >= 0.3 is 0 Å². The molecule has 1 aromatic rings. The molecule has 1 rings (SSSR count). The van der Waals surface area contributed by atoms with E-state index in [0.29, 0.717) is 6.61 Å². The van der Waals surface area contributed by atoms with E-state index >= 15 is 0 Å². The summed E-state index contributed by atoms with van der Waals surface area (Å²) in [5, 5.41) is 0. The van der Waals surface area contributed by atoms with Crippen molar-refractivity contribution in [1.82, 2.24) is 0 Å². The number of rotatable bonds is 7. The van der Waals surface area contributed by atoms with Crippen LogP contribution in [0.15, 0.2) is 30.3 Å². The summed E-state index contributed by atoms with van der Waals surface area (Å²) < 4.78 is 5.75. The van der Waals surface area contributed by atoms with E-state index < -0.39 is 0 Å². The van der Waals surface area contributed by atoms with Gasteiger partial charge in [0.25, 0.3) is 0 Å². The highest BCUT2D eigenvalue weighted by atomic mass is 16.5. The highest BCUT2D eigenvalue weighted by Gasteiger charge is 2.23. The van der Waals surface area contributed by atoms with Gasteiger partial charge in [-0.1, -0.05) is 44.9 Å². The van der Waals surface area contributed by atoms with Crippen LogP contribution in [-0.2, 0) is 0 Å². The van der Waals surface area contributed by atoms with Gasteiger partial charge in [-0.05, 0) is 25.0 Å². The summed E-state index contributed by atoms with van der Waals surface area (Å²) in [6, 6.07) is 9.89. The van der Waals surface area contributed by atoms with Gasteiger partial charge in [0.05, 0.1) is 0 Å². The fourth-order valence-corrected chi connectivity index (χ4v) is 2.01. The molecule has 0 radical (unpaired) electrons. The van der Waals surface area contributed by atoms with E-state index in [-0.39, 0.29) is 5.54 Å². The molecule has 0 unspecified atom stereocenters. The molecular weight excluding hydrogens is 198 g/mol. The van der Waals surface area contributed by atoms with Gasteiger partial charge in [-0.2, -0.15) is 0 Å². The molecule has 0 aromatic heterocycles. The van der Waals surface area contributed by atoms with E-state index in [0.717, 1.165) is 31.4 Å². The Hall–Kier alpha value is -1.02. The molecule has 2 nitrogen and oxygen atoms in total. The largest absolute Gasteiger partial charge is 0.492 e. The SMILES string of the molecule is CCCC(N)(CCC)COc1ccccc1. The molecule has 2 heteroatoms. The molecule has 0 heterocycles. The van der Waals surface area contributed by atoms with Gasteiger partial charge in [0.2, 0.25) is 0 Å². The van der Waals surface area contributed by atoms with E-state index in [1.54, 1.807) is 0 Å². The Balaban J connectivity index is 2.49. The number of hydrogen-bond donors (Lipinski definition) is 1. The van der Waals surface area contributed by atoms with Crippen molar-refractivity contribution < 1.29 is 4.74 Å². The number of hydrogen-bond acceptors (Lipinski definition) is 2. The summed E-state index contributed by atoms with van der Waals surface area (Å²) in [5.74, 6) is 0.907. The number of ether oxygens (including phenoxy) is 1. The normalized spacial score (nSPS) is 11.4. The highest BCUT2D eigenvalue weighted by Crippen LogP contribution is 2.19. The maximum absolute atomic E-state index is 6.34. The van der Waals surface area contributed by atoms with E-state index in [1.807, 2.05) is 30.3 Å². The van der Waals surface area contributed by atoms with E-state index in [4.69, 9.17) is 10.5 Å². The summed E-state index contributed by atoms with van der Waals surface area (Å²) in [7, 11) is 0. The summed E-state index contributed by atoms with van der Waals surface area (Å²) in [5.41, 5.74) is 6.17. The van der Waals surface area contributed by atoms with Crippen LogP contribution in [0, 0.1) is 0 Å². The molecule has 0 atom stereocenters. The third-order valence-electron chi connectivity index (χ3n) is 2.77. The molecule has 0 saturated carbocycles. The van der Waals surface area contributed by atoms with Gasteiger partial charge in [0.1, 0.15) is 12.4 Å². The van der Waals surface area contributed by atoms with Crippen LogP contribution in [-0.4, -0.2) is 12.1 Å². The zero-order chi connectivity index (χ0) is 11.9. The lowest BCUT2D eigenvalue weighted by atomic mass is 9.91. The van der Waals surface area contributed by atoms with Crippen molar-refractivity contribution in [3.8, 4) is 5.75 Å². The van der Waals surface area contributed by atoms with Crippen LogP contribution in [0.5, 0.6) is 5.75 Å². The molecule has 0 aliphatic heterocycles. The van der Waals surface area contributed by atoms with E-state index in [9.17, 15) is 0 Å². The first-order valence-corrected chi connectivity index (χ1v) is 6.17. The lowest BCUT2D eigenvalue weighted by Crippen LogP contribution is -2.45.